The largest absolute Gasteiger partial charge is 0.496 e. The Balaban J connectivity index is 1.66. The summed E-state index contributed by atoms with van der Waals surface area (Å²) >= 11 is 1.56. The number of ether oxygens (including phenoxy) is 1. The molecular formula is C16H21N3O3S. The van der Waals surface area contributed by atoms with Crippen LogP contribution in [0.5, 0.6) is 5.75 Å². The molecule has 0 saturated carbocycles. The number of amides is 2. The topological polar surface area (TPSA) is 61.9 Å². The third-order valence-electron chi connectivity index (χ3n) is 4.19. The van der Waals surface area contributed by atoms with E-state index in [-0.39, 0.29) is 24.4 Å². The lowest BCUT2D eigenvalue weighted by molar-refractivity contribution is -0.138. The van der Waals surface area contributed by atoms with Gasteiger partial charge >= 0.3 is 0 Å². The van der Waals surface area contributed by atoms with E-state index in [1.165, 1.54) is 0 Å². The number of piperazine rings is 1. The monoisotopic (exact) mass is 335 g/mol. The number of benzene rings is 1. The number of thioether (sulfide) groups is 1. The van der Waals surface area contributed by atoms with Gasteiger partial charge in [-0.05, 0) is 6.07 Å². The first kappa shape index (κ1) is 16.1. The van der Waals surface area contributed by atoms with Crippen molar-refractivity contribution in [3.63, 3.8) is 0 Å². The van der Waals surface area contributed by atoms with Crippen molar-refractivity contribution in [2.45, 2.75) is 6.04 Å². The molecule has 7 heteroatoms. The van der Waals surface area contributed by atoms with E-state index in [0.29, 0.717) is 24.7 Å². The van der Waals surface area contributed by atoms with Gasteiger partial charge in [-0.15, -0.1) is 11.8 Å². The standard InChI is InChI=1S/C16H21N3O3S/c1-22-14-5-3-2-4-12(14)13-8-18(7-6-17-13)15(20)9-19-11-23-10-16(19)21/h2-5,13,17H,6-11H2,1H3. The third kappa shape index (κ3) is 3.61. The molecule has 2 amide bonds. The first-order chi connectivity index (χ1) is 11.2. The normalized spacial score (nSPS) is 21.6. The molecular weight excluding hydrogens is 314 g/mol. The predicted octanol–water partition coefficient (Wildman–Crippen LogP) is 0.701. The summed E-state index contributed by atoms with van der Waals surface area (Å²) in [6.45, 7) is 2.18. The average Bonchev–Trinajstić information content (AvgIpc) is 2.99. The van der Waals surface area contributed by atoms with Gasteiger partial charge < -0.3 is 19.9 Å². The van der Waals surface area contributed by atoms with E-state index >= 15 is 0 Å². The molecule has 1 N–H and O–H groups in total. The maximum atomic E-state index is 12.5. The smallest absolute Gasteiger partial charge is 0.242 e. The molecule has 0 aromatic heterocycles. The fourth-order valence-electron chi connectivity index (χ4n) is 2.94. The fraction of sp³-hybridized carbons (Fsp3) is 0.500. The second-order valence-electron chi connectivity index (χ2n) is 5.66. The number of carbonyl (C=O) groups is 2. The van der Waals surface area contributed by atoms with Crippen molar-refractivity contribution in [1.82, 2.24) is 15.1 Å². The molecule has 0 bridgehead atoms. The number of methoxy groups -OCH3 is 1. The van der Waals surface area contributed by atoms with Crippen LogP contribution in [0.2, 0.25) is 0 Å². The lowest BCUT2D eigenvalue weighted by Crippen LogP contribution is -2.51. The highest BCUT2D eigenvalue weighted by Crippen LogP contribution is 2.27. The summed E-state index contributed by atoms with van der Waals surface area (Å²) in [4.78, 5) is 27.6. The minimum Gasteiger partial charge on any atom is -0.496 e. The number of hydrogen-bond donors (Lipinski definition) is 1. The van der Waals surface area contributed by atoms with Crippen molar-refractivity contribution in [2.24, 2.45) is 0 Å². The Bertz CT molecular complexity index is 596. The number of nitrogens with one attached hydrogen (secondary N) is 1. The van der Waals surface area contributed by atoms with Gasteiger partial charge in [0, 0.05) is 25.2 Å². The van der Waals surface area contributed by atoms with Gasteiger partial charge in [0.2, 0.25) is 11.8 Å². The second-order valence-corrected chi connectivity index (χ2v) is 6.61. The highest BCUT2D eigenvalue weighted by atomic mass is 32.2. The molecule has 0 radical (unpaired) electrons. The number of carbonyl (C=O) groups excluding carboxylic acids is 2. The molecule has 2 aliphatic heterocycles. The lowest BCUT2D eigenvalue weighted by atomic mass is 10.0. The molecule has 0 spiro atoms. The Morgan fingerprint density at radius 3 is 3.00 bits per heavy atom. The van der Waals surface area contributed by atoms with Crippen LogP contribution in [0.1, 0.15) is 11.6 Å². The van der Waals surface area contributed by atoms with Crippen molar-refractivity contribution in [1.29, 1.82) is 0 Å². The van der Waals surface area contributed by atoms with E-state index < -0.39 is 0 Å². The first-order valence-corrected chi connectivity index (χ1v) is 8.84. The summed E-state index contributed by atoms with van der Waals surface area (Å²) in [5.74, 6) is 2.00. The second kappa shape index (κ2) is 7.23. The number of nitrogens with zero attached hydrogens (tertiary/aromatic N) is 2. The molecule has 124 valence electrons. The molecule has 1 atom stereocenters. The molecule has 2 fully saturated rings. The molecule has 1 unspecified atom stereocenters. The van der Waals surface area contributed by atoms with Crippen molar-refractivity contribution in [3.8, 4) is 5.75 Å². The van der Waals surface area contributed by atoms with Crippen molar-refractivity contribution >= 4 is 23.6 Å². The Hall–Kier alpha value is -1.73. The van der Waals surface area contributed by atoms with E-state index in [0.717, 1.165) is 17.9 Å². The van der Waals surface area contributed by atoms with Gasteiger partial charge in [-0.3, -0.25) is 9.59 Å². The Morgan fingerprint density at radius 2 is 2.26 bits per heavy atom. The maximum Gasteiger partial charge on any atom is 0.242 e. The van der Waals surface area contributed by atoms with Crippen LogP contribution in [0.4, 0.5) is 0 Å². The highest BCUT2D eigenvalue weighted by Gasteiger charge is 2.29. The van der Waals surface area contributed by atoms with Crippen molar-refractivity contribution in [3.05, 3.63) is 29.8 Å². The van der Waals surface area contributed by atoms with Crippen LogP contribution in [0.3, 0.4) is 0 Å². The van der Waals surface area contributed by atoms with E-state index in [1.54, 1.807) is 23.8 Å². The summed E-state index contributed by atoms with van der Waals surface area (Å²) in [6.07, 6.45) is 0. The summed E-state index contributed by atoms with van der Waals surface area (Å²) in [7, 11) is 1.65. The maximum absolute atomic E-state index is 12.5. The van der Waals surface area contributed by atoms with Crippen molar-refractivity contribution in [2.75, 3.05) is 44.9 Å². The summed E-state index contributed by atoms with van der Waals surface area (Å²) < 4.78 is 5.42. The molecule has 3 rings (SSSR count). The average molecular weight is 335 g/mol. The van der Waals surface area contributed by atoms with E-state index in [4.69, 9.17) is 4.74 Å². The van der Waals surface area contributed by atoms with Gasteiger partial charge in [0.05, 0.1) is 24.8 Å². The van der Waals surface area contributed by atoms with Crippen LogP contribution < -0.4 is 10.1 Å². The van der Waals surface area contributed by atoms with Crippen LogP contribution in [-0.2, 0) is 9.59 Å². The SMILES string of the molecule is COc1ccccc1C1CN(C(=O)CN2CSCC2=O)CCN1. The van der Waals surface area contributed by atoms with Gasteiger partial charge in [-0.25, -0.2) is 0 Å². The molecule has 6 nitrogen and oxygen atoms in total. The molecule has 23 heavy (non-hydrogen) atoms. The van der Waals surface area contributed by atoms with Crippen LogP contribution >= 0.6 is 11.8 Å². The number of para-hydroxylation sites is 1. The van der Waals surface area contributed by atoms with Crippen LogP contribution in [0.15, 0.2) is 24.3 Å². The van der Waals surface area contributed by atoms with Gasteiger partial charge in [-0.2, -0.15) is 0 Å². The quantitative estimate of drug-likeness (QED) is 0.878. The van der Waals surface area contributed by atoms with E-state index in [2.05, 4.69) is 5.32 Å². The lowest BCUT2D eigenvalue weighted by Gasteiger charge is -2.35. The Labute approximate surface area is 140 Å². The highest BCUT2D eigenvalue weighted by molar-refractivity contribution is 8.00. The summed E-state index contributed by atoms with van der Waals surface area (Å²) in [6, 6.07) is 7.90. The zero-order valence-electron chi connectivity index (χ0n) is 13.2. The number of hydrogen-bond acceptors (Lipinski definition) is 5. The van der Waals surface area contributed by atoms with Crippen LogP contribution in [0, 0.1) is 0 Å². The van der Waals surface area contributed by atoms with Gasteiger partial charge in [0.1, 0.15) is 12.3 Å². The van der Waals surface area contributed by atoms with Gasteiger partial charge in [0.15, 0.2) is 0 Å². The summed E-state index contributed by atoms with van der Waals surface area (Å²) in [5.41, 5.74) is 1.06. The zero-order chi connectivity index (χ0) is 16.2. The summed E-state index contributed by atoms with van der Waals surface area (Å²) in [5, 5.41) is 3.44. The van der Waals surface area contributed by atoms with Gasteiger partial charge in [-0.1, -0.05) is 18.2 Å². The molecule has 1 aromatic carbocycles. The minimum absolute atomic E-state index is 0.0160. The molecule has 1 aromatic rings. The predicted molar refractivity (Wildman–Crippen MR) is 89.4 cm³/mol. The van der Waals surface area contributed by atoms with Crippen molar-refractivity contribution < 1.29 is 14.3 Å². The number of rotatable bonds is 4. The zero-order valence-corrected chi connectivity index (χ0v) is 14.0. The fourth-order valence-corrected chi connectivity index (χ4v) is 3.85. The Morgan fingerprint density at radius 1 is 1.43 bits per heavy atom. The van der Waals surface area contributed by atoms with Gasteiger partial charge in [0.25, 0.3) is 0 Å². The molecule has 2 aliphatic rings. The first-order valence-electron chi connectivity index (χ1n) is 7.68. The molecule has 2 heterocycles. The van der Waals surface area contributed by atoms with Crippen LogP contribution in [-0.4, -0.2) is 66.5 Å². The van der Waals surface area contributed by atoms with Crippen LogP contribution in [0.25, 0.3) is 0 Å². The van der Waals surface area contributed by atoms with E-state index in [1.807, 2.05) is 29.2 Å². The molecule has 2 saturated heterocycles. The Kier molecular flexibility index (Phi) is 5.07. The third-order valence-corrected chi connectivity index (χ3v) is 5.14. The minimum atomic E-state index is 0.0160. The van der Waals surface area contributed by atoms with E-state index in [9.17, 15) is 9.59 Å². The molecule has 0 aliphatic carbocycles.